The maximum Gasteiger partial charge on any atom is 0.146 e. The topological polar surface area (TPSA) is 0 Å². The second-order valence-corrected chi connectivity index (χ2v) is 8.41. The van der Waals surface area contributed by atoms with Crippen molar-refractivity contribution in [2.45, 2.75) is 25.7 Å². The highest BCUT2D eigenvalue weighted by Crippen LogP contribution is 2.22. The maximum atomic E-state index is 15.1. The number of rotatable bonds is 6. The van der Waals surface area contributed by atoms with E-state index in [-0.39, 0.29) is 5.82 Å². The SMILES string of the molecule is C=CCCc1ccc(C#Cc2ccc3c(F)c(C#Cc4ccc(CCC=C)cc4)ccc3c2)cc1. The highest BCUT2D eigenvalue weighted by atomic mass is 19.1. The Morgan fingerprint density at radius 1 is 0.600 bits per heavy atom. The molecule has 35 heavy (non-hydrogen) atoms. The van der Waals surface area contributed by atoms with Crippen molar-refractivity contribution in [3.05, 3.63) is 143 Å². The minimum absolute atomic E-state index is 0.299. The zero-order chi connectivity index (χ0) is 24.5. The zero-order valence-corrected chi connectivity index (χ0v) is 19.8. The number of hydrogen-bond donors (Lipinski definition) is 0. The van der Waals surface area contributed by atoms with Crippen LogP contribution >= 0.6 is 0 Å². The van der Waals surface area contributed by atoms with Gasteiger partial charge in [0.1, 0.15) is 5.82 Å². The average molecular weight is 455 g/mol. The van der Waals surface area contributed by atoms with Crippen molar-refractivity contribution in [2.24, 2.45) is 0 Å². The van der Waals surface area contributed by atoms with Crippen LogP contribution in [0.3, 0.4) is 0 Å². The molecule has 0 bridgehead atoms. The van der Waals surface area contributed by atoms with Crippen LogP contribution < -0.4 is 0 Å². The van der Waals surface area contributed by atoms with E-state index in [2.05, 4.69) is 61.1 Å². The quantitative estimate of drug-likeness (QED) is 0.204. The Labute approximate surface area is 207 Å². The van der Waals surface area contributed by atoms with Crippen LogP contribution in [-0.2, 0) is 12.8 Å². The molecule has 0 aliphatic carbocycles. The number of hydrogen-bond acceptors (Lipinski definition) is 0. The Hall–Kier alpha value is -4.33. The summed E-state index contributed by atoms with van der Waals surface area (Å²) in [7, 11) is 0. The lowest BCUT2D eigenvalue weighted by Gasteiger charge is -2.03. The molecule has 1 heteroatoms. The first kappa shape index (κ1) is 23.8. The Balaban J connectivity index is 1.50. The molecule has 4 rings (SSSR count). The van der Waals surface area contributed by atoms with Crippen molar-refractivity contribution in [3.8, 4) is 23.7 Å². The number of benzene rings is 4. The number of aryl methyl sites for hydroxylation is 2. The van der Waals surface area contributed by atoms with E-state index < -0.39 is 0 Å². The molecule has 0 spiro atoms. The lowest BCUT2D eigenvalue weighted by atomic mass is 10.0. The smallest absolute Gasteiger partial charge is 0.146 e. The summed E-state index contributed by atoms with van der Waals surface area (Å²) in [5, 5.41) is 1.36. The van der Waals surface area contributed by atoms with Crippen molar-refractivity contribution in [3.63, 3.8) is 0 Å². The van der Waals surface area contributed by atoms with Crippen molar-refractivity contribution in [1.82, 2.24) is 0 Å². The largest absolute Gasteiger partial charge is 0.205 e. The van der Waals surface area contributed by atoms with Crippen LogP contribution in [-0.4, -0.2) is 0 Å². The fourth-order valence-electron chi connectivity index (χ4n) is 3.80. The van der Waals surface area contributed by atoms with Crippen LogP contribution in [0.5, 0.6) is 0 Å². The summed E-state index contributed by atoms with van der Waals surface area (Å²) in [5.74, 6) is 12.2. The second kappa shape index (κ2) is 11.7. The Morgan fingerprint density at radius 3 is 1.69 bits per heavy atom. The molecule has 170 valence electrons. The van der Waals surface area contributed by atoms with E-state index >= 15 is 4.39 Å². The van der Waals surface area contributed by atoms with Gasteiger partial charge in [0.2, 0.25) is 0 Å². The van der Waals surface area contributed by atoms with Gasteiger partial charge in [0, 0.05) is 22.1 Å². The van der Waals surface area contributed by atoms with Crippen LogP contribution in [0.15, 0.2) is 104 Å². The van der Waals surface area contributed by atoms with Crippen molar-refractivity contribution in [2.75, 3.05) is 0 Å². The molecule has 0 fully saturated rings. The summed E-state index contributed by atoms with van der Waals surface area (Å²) in [5.41, 5.74) is 5.58. The molecular weight excluding hydrogens is 427 g/mol. The number of allylic oxidation sites excluding steroid dienone is 2. The molecule has 0 unspecified atom stereocenters. The number of halogens is 1. The van der Waals surface area contributed by atoms with Crippen LogP contribution in [0.1, 0.15) is 46.2 Å². The van der Waals surface area contributed by atoms with E-state index in [0.717, 1.165) is 47.8 Å². The third-order valence-corrected chi connectivity index (χ3v) is 5.83. The van der Waals surface area contributed by atoms with E-state index in [1.54, 1.807) is 12.1 Å². The molecule has 0 heterocycles. The molecule has 0 N–H and O–H groups in total. The third-order valence-electron chi connectivity index (χ3n) is 5.83. The van der Waals surface area contributed by atoms with Gasteiger partial charge in [-0.1, -0.05) is 72.2 Å². The van der Waals surface area contributed by atoms with E-state index in [0.29, 0.717) is 10.9 Å². The fourth-order valence-corrected chi connectivity index (χ4v) is 3.80. The van der Waals surface area contributed by atoms with E-state index in [9.17, 15) is 0 Å². The standard InChI is InChI=1S/C34H27F/c1-3-5-7-26-9-13-28(14-10-26)17-18-30-20-24-33-32(25-30)23-22-31(34(33)35)21-19-29-15-11-27(12-16-29)8-6-4-2/h3-4,9-16,20,22-25H,1-2,5-8H2. The molecule has 0 aromatic heterocycles. The molecule has 0 aliphatic rings. The number of fused-ring (bicyclic) bond motifs is 1. The van der Waals surface area contributed by atoms with Gasteiger partial charge in [0.15, 0.2) is 0 Å². The van der Waals surface area contributed by atoms with Crippen LogP contribution in [0, 0.1) is 29.5 Å². The van der Waals surface area contributed by atoms with Crippen molar-refractivity contribution in [1.29, 1.82) is 0 Å². The predicted octanol–water partition coefficient (Wildman–Crippen LogP) is 8.02. The summed E-state index contributed by atoms with van der Waals surface area (Å²) in [6, 6.07) is 25.5. The normalized spacial score (nSPS) is 10.1. The average Bonchev–Trinajstić information content (AvgIpc) is 2.90. The van der Waals surface area contributed by atoms with Crippen LogP contribution in [0.2, 0.25) is 0 Å². The minimum atomic E-state index is -0.299. The zero-order valence-electron chi connectivity index (χ0n) is 19.8. The predicted molar refractivity (Wildman–Crippen MR) is 146 cm³/mol. The summed E-state index contributed by atoms with van der Waals surface area (Å²) < 4.78 is 15.1. The maximum absolute atomic E-state index is 15.1. The van der Waals surface area contributed by atoms with E-state index in [4.69, 9.17) is 0 Å². The molecular formula is C34H27F. The first-order valence-corrected chi connectivity index (χ1v) is 11.8. The first-order valence-electron chi connectivity index (χ1n) is 11.8. The summed E-state index contributed by atoms with van der Waals surface area (Å²) in [6.07, 6.45) is 7.71. The lowest BCUT2D eigenvalue weighted by Crippen LogP contribution is -1.88. The highest BCUT2D eigenvalue weighted by molar-refractivity contribution is 5.86. The summed E-state index contributed by atoms with van der Waals surface area (Å²) >= 11 is 0. The van der Waals surface area contributed by atoms with Crippen LogP contribution in [0.4, 0.5) is 4.39 Å². The van der Waals surface area contributed by atoms with E-state index in [1.807, 2.05) is 54.6 Å². The van der Waals surface area contributed by atoms with Gasteiger partial charge in [-0.2, -0.15) is 0 Å². The van der Waals surface area contributed by atoms with Gasteiger partial charge in [-0.3, -0.25) is 0 Å². The molecule has 0 saturated carbocycles. The van der Waals surface area contributed by atoms with Crippen molar-refractivity contribution >= 4 is 10.8 Å². The Bertz CT molecular complexity index is 1460. The lowest BCUT2D eigenvalue weighted by molar-refractivity contribution is 0.636. The molecule has 0 radical (unpaired) electrons. The van der Waals surface area contributed by atoms with Crippen LogP contribution in [0.25, 0.3) is 10.8 Å². The Kier molecular flexibility index (Phi) is 7.96. The molecule has 0 aliphatic heterocycles. The molecule has 0 saturated heterocycles. The molecule has 4 aromatic carbocycles. The van der Waals surface area contributed by atoms with Gasteiger partial charge in [0.05, 0.1) is 5.56 Å². The third kappa shape index (κ3) is 6.38. The molecule has 0 nitrogen and oxygen atoms in total. The van der Waals surface area contributed by atoms with Gasteiger partial charge in [-0.05, 0) is 84.7 Å². The Morgan fingerprint density at radius 2 is 1.11 bits per heavy atom. The first-order chi connectivity index (χ1) is 17.2. The highest BCUT2D eigenvalue weighted by Gasteiger charge is 2.06. The van der Waals surface area contributed by atoms with Gasteiger partial charge < -0.3 is 0 Å². The molecule has 4 aromatic rings. The van der Waals surface area contributed by atoms with Gasteiger partial charge in [-0.25, -0.2) is 4.39 Å². The summed E-state index contributed by atoms with van der Waals surface area (Å²) in [6.45, 7) is 7.52. The monoisotopic (exact) mass is 454 g/mol. The fraction of sp³-hybridized carbons (Fsp3) is 0.118. The minimum Gasteiger partial charge on any atom is -0.205 e. The van der Waals surface area contributed by atoms with E-state index in [1.165, 1.54) is 11.1 Å². The second-order valence-electron chi connectivity index (χ2n) is 8.41. The molecule has 0 atom stereocenters. The van der Waals surface area contributed by atoms with Gasteiger partial charge >= 0.3 is 0 Å². The summed E-state index contributed by atoms with van der Waals surface area (Å²) in [4.78, 5) is 0. The van der Waals surface area contributed by atoms with Gasteiger partial charge in [-0.15, -0.1) is 13.2 Å². The van der Waals surface area contributed by atoms with Gasteiger partial charge in [0.25, 0.3) is 0 Å². The van der Waals surface area contributed by atoms with Crippen molar-refractivity contribution < 1.29 is 4.39 Å². The molecule has 0 amide bonds.